The molecule has 104 valence electrons. The first-order chi connectivity index (χ1) is 9.49. The number of halogens is 2. The zero-order chi connectivity index (χ0) is 14.7. The van der Waals surface area contributed by atoms with Crippen molar-refractivity contribution in [2.24, 2.45) is 4.99 Å². The van der Waals surface area contributed by atoms with Gasteiger partial charge in [-0.25, -0.2) is 4.39 Å². The lowest BCUT2D eigenvalue weighted by Gasteiger charge is -2.08. The van der Waals surface area contributed by atoms with Gasteiger partial charge in [-0.1, -0.05) is 6.07 Å². The summed E-state index contributed by atoms with van der Waals surface area (Å²) >= 11 is 1.96. The van der Waals surface area contributed by atoms with Crippen LogP contribution in [0.15, 0.2) is 47.6 Å². The summed E-state index contributed by atoms with van der Waals surface area (Å²) in [4.78, 5) is 17.0. The molecule has 0 amide bonds. The van der Waals surface area contributed by atoms with Crippen LogP contribution in [-0.2, 0) is 0 Å². The van der Waals surface area contributed by atoms with Crippen molar-refractivity contribution in [2.75, 3.05) is 0 Å². The van der Waals surface area contributed by atoms with E-state index in [1.165, 1.54) is 22.8 Å². The highest BCUT2D eigenvalue weighted by Crippen LogP contribution is 2.14. The minimum absolute atomic E-state index is 0.0868. The fourth-order valence-electron chi connectivity index (χ4n) is 1.77. The number of pyridine rings is 1. The Bertz CT molecular complexity index is 707. The van der Waals surface area contributed by atoms with Crippen LogP contribution in [-0.4, -0.2) is 16.5 Å². The van der Waals surface area contributed by atoms with E-state index in [0.717, 1.165) is 0 Å². The molecule has 1 aromatic carbocycles. The second kappa shape index (κ2) is 6.30. The Hall–Kier alpha value is -1.50. The Morgan fingerprint density at radius 1 is 1.30 bits per heavy atom. The highest BCUT2D eigenvalue weighted by Gasteiger charge is 2.13. The molecule has 2 aromatic rings. The number of benzene rings is 1. The zero-order valence-electron chi connectivity index (χ0n) is 11.2. The second-order valence-corrected chi connectivity index (χ2v) is 5.74. The average molecular weight is 384 g/mol. The molecule has 0 aliphatic carbocycles. The predicted molar refractivity (Wildman–Crippen MR) is 84.0 cm³/mol. The summed E-state index contributed by atoms with van der Waals surface area (Å²) in [5.41, 5.74) is 1.05. The first kappa shape index (κ1) is 14.9. The fourth-order valence-corrected chi connectivity index (χ4v) is 2.48. The minimum Gasteiger partial charge on any atom is -0.268 e. The van der Waals surface area contributed by atoms with Crippen LogP contribution < -0.4 is 5.49 Å². The molecule has 1 heterocycles. The van der Waals surface area contributed by atoms with Crippen LogP contribution in [0.25, 0.3) is 0 Å². The largest absolute Gasteiger partial charge is 0.268 e. The van der Waals surface area contributed by atoms with E-state index in [1.54, 1.807) is 18.3 Å². The first-order valence-corrected chi connectivity index (χ1v) is 7.28. The molecule has 0 saturated heterocycles. The molecule has 0 atom stereocenters. The van der Waals surface area contributed by atoms with Crippen LogP contribution in [0.2, 0.25) is 0 Å². The lowest BCUT2D eigenvalue weighted by Crippen LogP contribution is -2.28. The molecule has 0 aliphatic rings. The van der Waals surface area contributed by atoms with Crippen molar-refractivity contribution in [3.8, 4) is 0 Å². The van der Waals surface area contributed by atoms with Gasteiger partial charge in [-0.05, 0) is 66.8 Å². The highest BCUT2D eigenvalue weighted by molar-refractivity contribution is 14.1. The van der Waals surface area contributed by atoms with E-state index in [-0.39, 0.29) is 17.8 Å². The van der Waals surface area contributed by atoms with Gasteiger partial charge in [-0.15, -0.1) is 0 Å². The van der Waals surface area contributed by atoms with E-state index >= 15 is 0 Å². The summed E-state index contributed by atoms with van der Waals surface area (Å²) in [5, 5.41) is 0. The van der Waals surface area contributed by atoms with Gasteiger partial charge in [0.2, 0.25) is 0 Å². The van der Waals surface area contributed by atoms with E-state index in [1.807, 2.05) is 42.5 Å². The molecule has 0 N–H and O–H groups in total. The smallest absolute Gasteiger partial charge is 0.264 e. The van der Waals surface area contributed by atoms with E-state index in [9.17, 15) is 9.18 Å². The molecule has 1 aromatic heterocycles. The van der Waals surface area contributed by atoms with Crippen molar-refractivity contribution in [3.05, 3.63) is 63.0 Å². The Labute approximate surface area is 130 Å². The minimum atomic E-state index is -0.351. The van der Waals surface area contributed by atoms with Crippen molar-refractivity contribution >= 4 is 28.5 Å². The molecular weight excluding hydrogens is 370 g/mol. The quantitative estimate of drug-likeness (QED) is 0.733. The van der Waals surface area contributed by atoms with Gasteiger partial charge in [0.25, 0.3) is 5.91 Å². The normalized spacial score (nSPS) is 11.9. The van der Waals surface area contributed by atoms with Crippen molar-refractivity contribution in [3.63, 3.8) is 0 Å². The van der Waals surface area contributed by atoms with E-state index in [4.69, 9.17) is 0 Å². The maximum absolute atomic E-state index is 13.1. The molecule has 5 heteroatoms. The molecule has 0 aliphatic heterocycles. The van der Waals surface area contributed by atoms with Crippen LogP contribution in [0.5, 0.6) is 0 Å². The third kappa shape index (κ3) is 3.33. The van der Waals surface area contributed by atoms with Crippen molar-refractivity contribution in [1.82, 2.24) is 4.57 Å². The number of aromatic nitrogens is 1. The molecule has 0 unspecified atom stereocenters. The Balaban J connectivity index is 2.54. The van der Waals surface area contributed by atoms with E-state index in [0.29, 0.717) is 14.6 Å². The average Bonchev–Trinajstić information content (AvgIpc) is 2.38. The standard InChI is InChI=1S/C15H14FIN2O/c1-10(2)18-14-5-3-4-8-19(14)15(20)12-7-6-11(16)9-13(12)17/h3-10H,1-2H3. The van der Waals surface area contributed by atoms with Crippen LogP contribution in [0.1, 0.15) is 24.2 Å². The fraction of sp³-hybridized carbons (Fsp3) is 0.200. The Morgan fingerprint density at radius 3 is 2.70 bits per heavy atom. The lowest BCUT2D eigenvalue weighted by molar-refractivity contribution is 0.0953. The molecule has 0 spiro atoms. The third-order valence-corrected chi connectivity index (χ3v) is 3.50. The van der Waals surface area contributed by atoms with E-state index in [2.05, 4.69) is 4.99 Å². The second-order valence-electron chi connectivity index (χ2n) is 4.58. The SMILES string of the molecule is CC(C)N=c1ccccn1C(=O)c1ccc(F)cc1I. The lowest BCUT2D eigenvalue weighted by atomic mass is 10.2. The molecule has 0 bridgehead atoms. The van der Waals surface area contributed by atoms with Crippen molar-refractivity contribution < 1.29 is 9.18 Å². The number of nitrogens with zero attached hydrogens (tertiary/aromatic N) is 2. The van der Waals surface area contributed by atoms with Gasteiger partial charge in [-0.3, -0.25) is 14.4 Å². The number of carbonyl (C=O) groups excluding carboxylic acids is 1. The van der Waals surface area contributed by atoms with Gasteiger partial charge in [0.1, 0.15) is 11.3 Å². The molecular formula is C15H14FIN2O. The molecule has 3 nitrogen and oxygen atoms in total. The topological polar surface area (TPSA) is 34.4 Å². The summed E-state index contributed by atoms with van der Waals surface area (Å²) in [6, 6.07) is 9.61. The molecule has 20 heavy (non-hydrogen) atoms. The predicted octanol–water partition coefficient (Wildman–Crippen LogP) is 3.23. The zero-order valence-corrected chi connectivity index (χ0v) is 13.3. The van der Waals surface area contributed by atoms with Crippen molar-refractivity contribution in [1.29, 1.82) is 0 Å². The van der Waals surface area contributed by atoms with Crippen LogP contribution >= 0.6 is 22.6 Å². The van der Waals surface area contributed by atoms with Crippen LogP contribution in [0.4, 0.5) is 4.39 Å². The summed E-state index contributed by atoms with van der Waals surface area (Å²) in [6.45, 7) is 3.90. The van der Waals surface area contributed by atoms with Gasteiger partial charge in [-0.2, -0.15) is 0 Å². The monoisotopic (exact) mass is 384 g/mol. The highest BCUT2D eigenvalue weighted by atomic mass is 127. The Kier molecular flexibility index (Phi) is 4.69. The summed E-state index contributed by atoms with van der Waals surface area (Å²) < 4.78 is 15.2. The third-order valence-electron chi connectivity index (χ3n) is 2.61. The summed E-state index contributed by atoms with van der Waals surface area (Å²) in [7, 11) is 0. The van der Waals surface area contributed by atoms with Gasteiger partial charge in [0, 0.05) is 15.8 Å². The number of hydrogen-bond acceptors (Lipinski definition) is 2. The summed E-state index contributed by atoms with van der Waals surface area (Å²) in [6.07, 6.45) is 1.67. The first-order valence-electron chi connectivity index (χ1n) is 6.20. The maximum atomic E-state index is 13.1. The van der Waals surface area contributed by atoms with E-state index < -0.39 is 0 Å². The molecule has 0 fully saturated rings. The Morgan fingerprint density at radius 2 is 2.05 bits per heavy atom. The van der Waals surface area contributed by atoms with Crippen molar-refractivity contribution in [2.45, 2.75) is 19.9 Å². The number of hydrogen-bond donors (Lipinski definition) is 0. The number of rotatable bonds is 2. The van der Waals surface area contributed by atoms with Gasteiger partial charge < -0.3 is 0 Å². The van der Waals surface area contributed by atoms with Crippen LogP contribution in [0.3, 0.4) is 0 Å². The number of carbonyl (C=O) groups is 1. The van der Waals surface area contributed by atoms with Gasteiger partial charge in [0.05, 0.1) is 5.56 Å². The van der Waals surface area contributed by atoms with Gasteiger partial charge >= 0.3 is 0 Å². The van der Waals surface area contributed by atoms with Gasteiger partial charge in [0.15, 0.2) is 0 Å². The molecule has 0 saturated carbocycles. The summed E-state index contributed by atoms with van der Waals surface area (Å²) in [5.74, 6) is -0.564. The molecule has 2 rings (SSSR count). The molecule has 0 radical (unpaired) electrons. The maximum Gasteiger partial charge on any atom is 0.264 e. The van der Waals surface area contributed by atoms with Crippen LogP contribution in [0, 0.1) is 9.39 Å².